The van der Waals surface area contributed by atoms with Crippen LogP contribution in [0.3, 0.4) is 0 Å². The zero-order valence-electron chi connectivity index (χ0n) is 14.4. The number of anilines is 1. The molecule has 3 aromatic rings. The van der Waals surface area contributed by atoms with Crippen LogP contribution in [0.2, 0.25) is 0 Å². The van der Waals surface area contributed by atoms with E-state index in [2.05, 4.69) is 5.16 Å². The Kier molecular flexibility index (Phi) is 4.63. The van der Waals surface area contributed by atoms with Crippen molar-refractivity contribution in [3.63, 3.8) is 0 Å². The molecule has 0 bridgehead atoms. The van der Waals surface area contributed by atoms with E-state index in [1.165, 1.54) is 4.31 Å². The Hall–Kier alpha value is -2.60. The van der Waals surface area contributed by atoms with Gasteiger partial charge in [0.05, 0.1) is 16.3 Å². The summed E-state index contributed by atoms with van der Waals surface area (Å²) in [6, 6.07) is 16.2. The number of hydrogen-bond acceptors (Lipinski definition) is 4. The average molecular weight is 356 g/mol. The van der Waals surface area contributed by atoms with Crippen LogP contribution in [0, 0.1) is 13.8 Å². The molecule has 25 heavy (non-hydrogen) atoms. The number of rotatable bonds is 5. The Balaban J connectivity index is 2.10. The van der Waals surface area contributed by atoms with Crippen molar-refractivity contribution < 1.29 is 12.9 Å². The van der Waals surface area contributed by atoms with Crippen LogP contribution in [0.1, 0.15) is 18.2 Å². The van der Waals surface area contributed by atoms with Crippen molar-refractivity contribution in [3.8, 4) is 11.3 Å². The van der Waals surface area contributed by atoms with E-state index in [9.17, 15) is 8.42 Å². The van der Waals surface area contributed by atoms with E-state index in [4.69, 9.17) is 4.52 Å². The number of para-hydroxylation sites is 1. The van der Waals surface area contributed by atoms with Crippen molar-refractivity contribution in [2.45, 2.75) is 25.7 Å². The van der Waals surface area contributed by atoms with Crippen molar-refractivity contribution in [1.29, 1.82) is 0 Å². The van der Waals surface area contributed by atoms with Gasteiger partial charge in [0.2, 0.25) is 0 Å². The fourth-order valence-corrected chi connectivity index (χ4v) is 4.46. The molecule has 0 fully saturated rings. The highest BCUT2D eigenvalue weighted by Gasteiger charge is 2.26. The van der Waals surface area contributed by atoms with E-state index < -0.39 is 10.0 Å². The van der Waals surface area contributed by atoms with E-state index in [1.807, 2.05) is 38.1 Å². The fourth-order valence-electron chi connectivity index (χ4n) is 2.74. The molecule has 2 aromatic carbocycles. The van der Waals surface area contributed by atoms with Gasteiger partial charge in [0.25, 0.3) is 10.0 Å². The standard InChI is InChI=1S/C19H20N2O3S/c1-4-21(17-8-6-5-7-9-17)25(22,23)19-13-16(11-10-14(19)2)18-12-15(3)20-24-18/h5-13H,4H2,1-3H3. The average Bonchev–Trinajstić information content (AvgIpc) is 3.03. The van der Waals surface area contributed by atoms with Gasteiger partial charge in [0.15, 0.2) is 5.76 Å². The molecule has 130 valence electrons. The van der Waals surface area contributed by atoms with Crippen LogP contribution >= 0.6 is 0 Å². The predicted octanol–water partition coefficient (Wildman–Crippen LogP) is 4.17. The molecule has 0 aliphatic rings. The SMILES string of the molecule is CCN(c1ccccc1)S(=O)(=O)c1cc(-c2cc(C)no2)ccc1C. The number of nitrogens with zero attached hydrogens (tertiary/aromatic N) is 2. The Labute approximate surface area is 147 Å². The quantitative estimate of drug-likeness (QED) is 0.688. The molecular formula is C19H20N2O3S. The van der Waals surface area contributed by atoms with E-state index in [-0.39, 0.29) is 4.90 Å². The lowest BCUT2D eigenvalue weighted by Crippen LogP contribution is -2.31. The van der Waals surface area contributed by atoms with Crippen LogP contribution in [0.4, 0.5) is 5.69 Å². The van der Waals surface area contributed by atoms with E-state index >= 15 is 0 Å². The molecule has 0 N–H and O–H groups in total. The Morgan fingerprint density at radius 2 is 1.76 bits per heavy atom. The largest absolute Gasteiger partial charge is 0.356 e. The molecule has 3 rings (SSSR count). The second-order valence-corrected chi connectivity index (χ2v) is 7.65. The minimum Gasteiger partial charge on any atom is -0.356 e. The maximum absolute atomic E-state index is 13.3. The third kappa shape index (κ3) is 3.30. The summed E-state index contributed by atoms with van der Waals surface area (Å²) in [5.41, 5.74) is 2.77. The number of hydrogen-bond donors (Lipinski definition) is 0. The topological polar surface area (TPSA) is 63.4 Å². The summed E-state index contributed by atoms with van der Waals surface area (Å²) in [6.07, 6.45) is 0. The van der Waals surface area contributed by atoms with Gasteiger partial charge < -0.3 is 4.52 Å². The number of aryl methyl sites for hydroxylation is 2. The lowest BCUT2D eigenvalue weighted by atomic mass is 10.1. The summed E-state index contributed by atoms with van der Waals surface area (Å²) in [5.74, 6) is 0.553. The zero-order chi connectivity index (χ0) is 18.0. The van der Waals surface area contributed by atoms with Gasteiger partial charge in [-0.3, -0.25) is 4.31 Å². The van der Waals surface area contributed by atoms with Crippen LogP contribution in [0.25, 0.3) is 11.3 Å². The molecular weight excluding hydrogens is 336 g/mol. The molecule has 6 heteroatoms. The molecule has 0 unspecified atom stereocenters. The van der Waals surface area contributed by atoms with Gasteiger partial charge in [-0.15, -0.1) is 0 Å². The first kappa shape index (κ1) is 17.2. The summed E-state index contributed by atoms with van der Waals surface area (Å²) < 4.78 is 33.2. The van der Waals surface area contributed by atoms with Gasteiger partial charge in [-0.25, -0.2) is 8.42 Å². The fraction of sp³-hybridized carbons (Fsp3) is 0.211. The zero-order valence-corrected chi connectivity index (χ0v) is 15.2. The third-order valence-electron chi connectivity index (χ3n) is 4.00. The smallest absolute Gasteiger partial charge is 0.264 e. The van der Waals surface area contributed by atoms with Crippen molar-refractivity contribution >= 4 is 15.7 Å². The van der Waals surface area contributed by atoms with Crippen LogP contribution in [-0.2, 0) is 10.0 Å². The van der Waals surface area contributed by atoms with Gasteiger partial charge in [-0.1, -0.05) is 35.5 Å². The van der Waals surface area contributed by atoms with Crippen molar-refractivity contribution in [3.05, 3.63) is 65.9 Å². The lowest BCUT2D eigenvalue weighted by molar-refractivity contribution is 0.427. The van der Waals surface area contributed by atoms with E-state index in [1.54, 1.807) is 37.3 Å². The third-order valence-corrected chi connectivity index (χ3v) is 6.04. The molecule has 0 amide bonds. The highest BCUT2D eigenvalue weighted by atomic mass is 32.2. The molecule has 0 spiro atoms. The molecule has 0 atom stereocenters. The summed E-state index contributed by atoms with van der Waals surface area (Å²) >= 11 is 0. The van der Waals surface area contributed by atoms with E-state index in [0.29, 0.717) is 29.1 Å². The monoisotopic (exact) mass is 356 g/mol. The summed E-state index contributed by atoms with van der Waals surface area (Å²) in [7, 11) is -3.69. The first-order valence-corrected chi connectivity index (χ1v) is 9.49. The van der Waals surface area contributed by atoms with Crippen molar-refractivity contribution in [1.82, 2.24) is 5.16 Å². The molecule has 5 nitrogen and oxygen atoms in total. The minimum absolute atomic E-state index is 0.268. The first-order valence-electron chi connectivity index (χ1n) is 8.05. The van der Waals surface area contributed by atoms with Crippen LogP contribution < -0.4 is 4.31 Å². The second-order valence-electron chi connectivity index (χ2n) is 5.82. The van der Waals surface area contributed by atoms with Crippen molar-refractivity contribution in [2.24, 2.45) is 0 Å². The van der Waals surface area contributed by atoms with Crippen LogP contribution in [0.15, 0.2) is 64.0 Å². The lowest BCUT2D eigenvalue weighted by Gasteiger charge is -2.24. The molecule has 0 saturated carbocycles. The maximum atomic E-state index is 13.3. The second kappa shape index (κ2) is 6.72. The van der Waals surface area contributed by atoms with Crippen LogP contribution in [0.5, 0.6) is 0 Å². The number of benzene rings is 2. The molecule has 0 aliphatic heterocycles. The summed E-state index contributed by atoms with van der Waals surface area (Å²) in [6.45, 7) is 5.79. The van der Waals surface area contributed by atoms with Gasteiger partial charge in [-0.05, 0) is 44.5 Å². The predicted molar refractivity (Wildman–Crippen MR) is 98.1 cm³/mol. The van der Waals surface area contributed by atoms with Crippen molar-refractivity contribution in [2.75, 3.05) is 10.8 Å². The van der Waals surface area contributed by atoms with Gasteiger partial charge in [-0.2, -0.15) is 0 Å². The Bertz CT molecular complexity index is 979. The first-order chi connectivity index (χ1) is 11.9. The molecule has 0 aliphatic carbocycles. The molecule has 0 saturated heterocycles. The maximum Gasteiger partial charge on any atom is 0.264 e. The molecule has 0 radical (unpaired) electrons. The van der Waals surface area contributed by atoms with Gasteiger partial charge in [0, 0.05) is 18.2 Å². The highest BCUT2D eigenvalue weighted by Crippen LogP contribution is 2.29. The van der Waals surface area contributed by atoms with Gasteiger partial charge >= 0.3 is 0 Å². The van der Waals surface area contributed by atoms with Gasteiger partial charge in [0.1, 0.15) is 0 Å². The Morgan fingerprint density at radius 1 is 1.04 bits per heavy atom. The molecule has 1 aromatic heterocycles. The highest BCUT2D eigenvalue weighted by molar-refractivity contribution is 7.92. The summed E-state index contributed by atoms with van der Waals surface area (Å²) in [5, 5.41) is 3.87. The normalized spacial score (nSPS) is 11.5. The number of sulfonamides is 1. The number of aromatic nitrogens is 1. The molecule has 1 heterocycles. The van der Waals surface area contributed by atoms with E-state index in [0.717, 1.165) is 5.69 Å². The Morgan fingerprint density at radius 3 is 2.36 bits per heavy atom. The summed E-state index contributed by atoms with van der Waals surface area (Å²) in [4.78, 5) is 0.268. The van der Waals surface area contributed by atoms with Crippen LogP contribution in [-0.4, -0.2) is 20.1 Å². The minimum atomic E-state index is -3.69.